The standard InChI is InChI=1S/C21H26N4O2/c1-24(13-8-17-6-9-22-10-7-17)20(26)18-14-19(16-23-15-18)21(27)25-11-4-2-3-5-12-25/h6-7,9-10,14-16H,2-5,8,11-13H2,1H3. The maximum Gasteiger partial charge on any atom is 0.255 e. The number of likely N-dealkylation sites (N-methyl/N-ethyl adjacent to an activating group) is 1. The van der Waals surface area contributed by atoms with Gasteiger partial charge in [0.25, 0.3) is 11.8 Å². The molecule has 1 saturated heterocycles. The third-order valence-electron chi connectivity index (χ3n) is 4.96. The molecular weight excluding hydrogens is 340 g/mol. The van der Waals surface area contributed by atoms with E-state index in [1.165, 1.54) is 19.0 Å². The highest BCUT2D eigenvalue weighted by Crippen LogP contribution is 2.14. The molecule has 0 atom stereocenters. The lowest BCUT2D eigenvalue weighted by Gasteiger charge is -2.21. The number of carbonyl (C=O) groups excluding carboxylic acids is 2. The number of hydrogen-bond donors (Lipinski definition) is 0. The van der Waals surface area contributed by atoms with E-state index in [1.54, 1.807) is 36.6 Å². The molecule has 1 aliphatic heterocycles. The van der Waals surface area contributed by atoms with Gasteiger partial charge in [-0.15, -0.1) is 0 Å². The Balaban J connectivity index is 1.64. The predicted molar refractivity (Wildman–Crippen MR) is 104 cm³/mol. The van der Waals surface area contributed by atoms with Crippen molar-refractivity contribution in [3.63, 3.8) is 0 Å². The quantitative estimate of drug-likeness (QED) is 0.816. The van der Waals surface area contributed by atoms with Gasteiger partial charge in [0.15, 0.2) is 0 Å². The molecule has 2 amide bonds. The molecule has 142 valence electrons. The summed E-state index contributed by atoms with van der Waals surface area (Å²) in [6, 6.07) is 5.56. The molecular formula is C21H26N4O2. The van der Waals surface area contributed by atoms with Crippen molar-refractivity contribution in [3.8, 4) is 0 Å². The molecule has 1 aliphatic rings. The van der Waals surface area contributed by atoms with E-state index >= 15 is 0 Å². The van der Waals surface area contributed by atoms with Crippen molar-refractivity contribution in [3.05, 3.63) is 59.7 Å². The van der Waals surface area contributed by atoms with Gasteiger partial charge in [-0.2, -0.15) is 0 Å². The van der Waals surface area contributed by atoms with Crippen LogP contribution < -0.4 is 0 Å². The van der Waals surface area contributed by atoms with Crippen LogP contribution in [-0.4, -0.2) is 58.3 Å². The van der Waals surface area contributed by atoms with Crippen LogP contribution in [0.2, 0.25) is 0 Å². The average molecular weight is 366 g/mol. The SMILES string of the molecule is CN(CCc1ccncc1)C(=O)c1cncc(C(=O)N2CCCCCC2)c1. The Morgan fingerprint density at radius 3 is 2.37 bits per heavy atom. The Hall–Kier alpha value is -2.76. The van der Waals surface area contributed by atoms with Crippen molar-refractivity contribution >= 4 is 11.8 Å². The second-order valence-electron chi connectivity index (χ2n) is 7.00. The van der Waals surface area contributed by atoms with Crippen LogP contribution in [0.1, 0.15) is 52.0 Å². The highest BCUT2D eigenvalue weighted by Gasteiger charge is 2.20. The maximum atomic E-state index is 12.8. The van der Waals surface area contributed by atoms with E-state index in [4.69, 9.17) is 0 Å². The van der Waals surface area contributed by atoms with E-state index in [-0.39, 0.29) is 11.8 Å². The van der Waals surface area contributed by atoms with Crippen molar-refractivity contribution in [1.82, 2.24) is 19.8 Å². The Morgan fingerprint density at radius 1 is 1.00 bits per heavy atom. The predicted octanol–water partition coefficient (Wildman–Crippen LogP) is 2.81. The smallest absolute Gasteiger partial charge is 0.255 e. The number of nitrogens with zero attached hydrogens (tertiary/aromatic N) is 4. The summed E-state index contributed by atoms with van der Waals surface area (Å²) < 4.78 is 0. The third kappa shape index (κ3) is 5.12. The molecule has 1 fully saturated rings. The lowest BCUT2D eigenvalue weighted by molar-refractivity contribution is 0.0761. The molecule has 0 radical (unpaired) electrons. The normalized spacial score (nSPS) is 14.5. The molecule has 2 aromatic heterocycles. The molecule has 6 nitrogen and oxygen atoms in total. The first-order chi connectivity index (χ1) is 13.1. The summed E-state index contributed by atoms with van der Waals surface area (Å²) in [6.07, 6.45) is 11.8. The van der Waals surface area contributed by atoms with Crippen LogP contribution in [0.15, 0.2) is 43.0 Å². The van der Waals surface area contributed by atoms with Gasteiger partial charge in [0.05, 0.1) is 11.1 Å². The van der Waals surface area contributed by atoms with Gasteiger partial charge in [-0.05, 0) is 43.0 Å². The van der Waals surface area contributed by atoms with Crippen molar-refractivity contribution < 1.29 is 9.59 Å². The van der Waals surface area contributed by atoms with E-state index in [0.717, 1.165) is 37.9 Å². The van der Waals surface area contributed by atoms with Crippen LogP contribution in [0.25, 0.3) is 0 Å². The number of likely N-dealkylation sites (tertiary alicyclic amines) is 1. The number of hydrogen-bond acceptors (Lipinski definition) is 4. The first kappa shape index (κ1) is 19.0. The topological polar surface area (TPSA) is 66.4 Å². The molecule has 27 heavy (non-hydrogen) atoms. The van der Waals surface area contributed by atoms with Gasteiger partial charge >= 0.3 is 0 Å². The highest BCUT2D eigenvalue weighted by molar-refractivity contribution is 5.99. The number of amides is 2. The van der Waals surface area contributed by atoms with Crippen LogP contribution >= 0.6 is 0 Å². The fraction of sp³-hybridized carbons (Fsp3) is 0.429. The Morgan fingerprint density at radius 2 is 1.67 bits per heavy atom. The van der Waals surface area contributed by atoms with Gasteiger partial charge < -0.3 is 9.80 Å². The zero-order valence-corrected chi connectivity index (χ0v) is 15.8. The van der Waals surface area contributed by atoms with Gasteiger partial charge in [-0.3, -0.25) is 19.6 Å². The van der Waals surface area contributed by atoms with E-state index in [0.29, 0.717) is 17.7 Å². The third-order valence-corrected chi connectivity index (χ3v) is 4.96. The molecule has 0 saturated carbocycles. The fourth-order valence-corrected chi connectivity index (χ4v) is 3.30. The van der Waals surface area contributed by atoms with Gasteiger partial charge in [-0.25, -0.2) is 0 Å². The zero-order valence-electron chi connectivity index (χ0n) is 15.8. The summed E-state index contributed by atoms with van der Waals surface area (Å²) in [5.74, 6) is -0.152. The second kappa shape index (κ2) is 9.26. The minimum Gasteiger partial charge on any atom is -0.341 e. The van der Waals surface area contributed by atoms with Crippen molar-refractivity contribution in [1.29, 1.82) is 0 Å². The molecule has 0 aromatic carbocycles. The summed E-state index contributed by atoms with van der Waals surface area (Å²) in [5, 5.41) is 0. The molecule has 3 rings (SSSR count). The van der Waals surface area contributed by atoms with Crippen LogP contribution in [0.3, 0.4) is 0 Å². The number of rotatable bonds is 5. The number of aromatic nitrogens is 2. The Bertz CT molecular complexity index is 771. The minimum atomic E-state index is -0.123. The molecule has 6 heteroatoms. The van der Waals surface area contributed by atoms with Crippen LogP contribution in [0.4, 0.5) is 0 Å². The summed E-state index contributed by atoms with van der Waals surface area (Å²) in [5.41, 5.74) is 2.08. The molecule has 0 spiro atoms. The van der Waals surface area contributed by atoms with E-state index < -0.39 is 0 Å². The molecule has 0 unspecified atom stereocenters. The zero-order chi connectivity index (χ0) is 19.1. The summed E-state index contributed by atoms with van der Waals surface area (Å²) in [6.45, 7) is 2.15. The lowest BCUT2D eigenvalue weighted by Crippen LogP contribution is -2.32. The largest absolute Gasteiger partial charge is 0.341 e. The molecule has 2 aromatic rings. The molecule has 3 heterocycles. The summed E-state index contributed by atoms with van der Waals surface area (Å²) >= 11 is 0. The molecule has 0 N–H and O–H groups in total. The van der Waals surface area contributed by atoms with Gasteiger partial charge in [0.2, 0.25) is 0 Å². The number of pyridine rings is 2. The summed E-state index contributed by atoms with van der Waals surface area (Å²) in [7, 11) is 1.77. The van der Waals surface area contributed by atoms with E-state index in [2.05, 4.69) is 9.97 Å². The second-order valence-corrected chi connectivity index (χ2v) is 7.00. The van der Waals surface area contributed by atoms with Gasteiger partial charge in [0.1, 0.15) is 0 Å². The van der Waals surface area contributed by atoms with Gasteiger partial charge in [-0.1, -0.05) is 12.8 Å². The fourth-order valence-electron chi connectivity index (χ4n) is 3.30. The lowest BCUT2D eigenvalue weighted by atomic mass is 10.1. The van der Waals surface area contributed by atoms with Crippen molar-refractivity contribution in [2.24, 2.45) is 0 Å². The Kier molecular flexibility index (Phi) is 6.52. The first-order valence-corrected chi connectivity index (χ1v) is 9.54. The molecule has 0 bridgehead atoms. The minimum absolute atomic E-state index is 0.0292. The number of carbonyl (C=O) groups is 2. The van der Waals surface area contributed by atoms with Gasteiger partial charge in [0, 0.05) is 51.5 Å². The average Bonchev–Trinajstić information content (AvgIpc) is 3.01. The van der Waals surface area contributed by atoms with Crippen molar-refractivity contribution in [2.45, 2.75) is 32.1 Å². The van der Waals surface area contributed by atoms with E-state index in [1.807, 2.05) is 17.0 Å². The first-order valence-electron chi connectivity index (χ1n) is 9.54. The summed E-state index contributed by atoms with van der Waals surface area (Å²) in [4.78, 5) is 37.2. The van der Waals surface area contributed by atoms with Crippen LogP contribution in [0.5, 0.6) is 0 Å². The van der Waals surface area contributed by atoms with Crippen LogP contribution in [-0.2, 0) is 6.42 Å². The maximum absolute atomic E-state index is 12.8. The Labute approximate surface area is 160 Å². The molecule has 0 aliphatic carbocycles. The van der Waals surface area contributed by atoms with E-state index in [9.17, 15) is 9.59 Å². The highest BCUT2D eigenvalue weighted by atomic mass is 16.2. The van der Waals surface area contributed by atoms with Crippen molar-refractivity contribution in [2.75, 3.05) is 26.7 Å². The van der Waals surface area contributed by atoms with Crippen LogP contribution in [0, 0.1) is 0 Å². The monoisotopic (exact) mass is 366 g/mol.